The molecule has 26 heavy (non-hydrogen) atoms. The molecule has 0 unspecified atom stereocenters. The van der Waals surface area contributed by atoms with Crippen LogP contribution in [0.3, 0.4) is 0 Å². The van der Waals surface area contributed by atoms with Crippen molar-refractivity contribution in [2.45, 2.75) is 6.42 Å². The van der Waals surface area contributed by atoms with E-state index in [4.69, 9.17) is 17.3 Å². The van der Waals surface area contributed by atoms with Gasteiger partial charge in [-0.05, 0) is 24.6 Å². The Bertz CT molecular complexity index is 1000. The van der Waals surface area contributed by atoms with Crippen LogP contribution in [0.2, 0.25) is 5.15 Å². The molecule has 0 saturated carbocycles. The number of nitrogens with one attached hydrogen (secondary N) is 1. The first-order valence-electron chi connectivity index (χ1n) is 7.92. The van der Waals surface area contributed by atoms with Crippen LogP contribution in [0.4, 0.5) is 10.1 Å². The molecule has 0 saturated heterocycles. The lowest BCUT2D eigenvalue weighted by Crippen LogP contribution is -2.24. The fourth-order valence-corrected chi connectivity index (χ4v) is 3.14. The average molecular weight is 377 g/mol. The van der Waals surface area contributed by atoms with Gasteiger partial charge in [-0.2, -0.15) is 0 Å². The number of aliphatic hydroxyl groups excluding tert-OH is 1. The predicted octanol–water partition coefficient (Wildman–Crippen LogP) is 2.84. The summed E-state index contributed by atoms with van der Waals surface area (Å²) in [6, 6.07) is 4.74. The van der Waals surface area contributed by atoms with Gasteiger partial charge in [0.25, 0.3) is 5.91 Å². The molecule has 2 heterocycles. The standard InChI is InChI=1S/C18H18ClFN4O2/c1-24(2)18(26)14-13(21)4-3-10(15(14)20)9-7-12-11(5-6-25)16(19)23-17(12)22-8-9/h3-4,7-8,25H,5-6,21H2,1-2H3,(H,22,23). The van der Waals surface area contributed by atoms with E-state index >= 15 is 4.39 Å². The zero-order chi connectivity index (χ0) is 19.0. The smallest absolute Gasteiger partial charge is 0.258 e. The zero-order valence-electron chi connectivity index (χ0n) is 14.3. The van der Waals surface area contributed by atoms with Crippen molar-refractivity contribution in [2.24, 2.45) is 0 Å². The van der Waals surface area contributed by atoms with E-state index < -0.39 is 11.7 Å². The third-order valence-corrected chi connectivity index (χ3v) is 4.50. The minimum atomic E-state index is -0.699. The van der Waals surface area contributed by atoms with Crippen LogP contribution in [-0.2, 0) is 6.42 Å². The van der Waals surface area contributed by atoms with Crippen LogP contribution in [0.15, 0.2) is 24.4 Å². The highest BCUT2D eigenvalue weighted by Gasteiger charge is 2.22. The van der Waals surface area contributed by atoms with Gasteiger partial charge in [0, 0.05) is 54.7 Å². The van der Waals surface area contributed by atoms with Crippen molar-refractivity contribution in [3.8, 4) is 11.1 Å². The van der Waals surface area contributed by atoms with Crippen molar-refractivity contribution in [1.82, 2.24) is 14.9 Å². The van der Waals surface area contributed by atoms with Gasteiger partial charge >= 0.3 is 0 Å². The number of carbonyl (C=O) groups excluding carboxylic acids is 1. The number of carbonyl (C=O) groups is 1. The van der Waals surface area contributed by atoms with Gasteiger partial charge in [0.1, 0.15) is 16.6 Å². The topological polar surface area (TPSA) is 95.2 Å². The van der Waals surface area contributed by atoms with Crippen LogP contribution in [0.1, 0.15) is 15.9 Å². The number of anilines is 1. The quantitative estimate of drug-likeness (QED) is 0.610. The molecule has 0 fully saturated rings. The highest BCUT2D eigenvalue weighted by atomic mass is 35.5. The summed E-state index contributed by atoms with van der Waals surface area (Å²) in [6.45, 7) is -0.0748. The largest absolute Gasteiger partial charge is 0.398 e. The Kier molecular flexibility index (Phi) is 4.84. The highest BCUT2D eigenvalue weighted by Crippen LogP contribution is 2.33. The summed E-state index contributed by atoms with van der Waals surface area (Å²) < 4.78 is 15.1. The molecule has 3 aromatic rings. The van der Waals surface area contributed by atoms with Crippen molar-refractivity contribution < 1.29 is 14.3 Å². The van der Waals surface area contributed by atoms with Gasteiger partial charge < -0.3 is 20.7 Å². The number of amides is 1. The van der Waals surface area contributed by atoms with Crippen molar-refractivity contribution in [3.63, 3.8) is 0 Å². The number of halogens is 2. The van der Waals surface area contributed by atoms with Crippen LogP contribution in [0, 0.1) is 5.82 Å². The molecule has 0 bridgehead atoms. The lowest BCUT2D eigenvalue weighted by Gasteiger charge is -2.15. The van der Waals surface area contributed by atoms with Crippen LogP contribution in [0.25, 0.3) is 22.2 Å². The van der Waals surface area contributed by atoms with E-state index in [0.717, 1.165) is 0 Å². The average Bonchev–Trinajstić information content (AvgIpc) is 2.90. The van der Waals surface area contributed by atoms with E-state index in [1.54, 1.807) is 6.07 Å². The van der Waals surface area contributed by atoms with E-state index in [1.807, 2.05) is 0 Å². The molecule has 0 aliphatic rings. The Morgan fingerprint density at radius 1 is 1.42 bits per heavy atom. The maximum Gasteiger partial charge on any atom is 0.258 e. The fourth-order valence-electron chi connectivity index (χ4n) is 2.85. The number of nitrogen functional groups attached to an aromatic ring is 1. The molecule has 2 aromatic heterocycles. The molecule has 0 radical (unpaired) electrons. The third-order valence-electron chi connectivity index (χ3n) is 4.17. The number of nitrogens with zero attached hydrogens (tertiary/aromatic N) is 2. The number of hydrogen-bond acceptors (Lipinski definition) is 4. The van der Waals surface area contributed by atoms with Gasteiger partial charge in [-0.1, -0.05) is 11.6 Å². The summed E-state index contributed by atoms with van der Waals surface area (Å²) >= 11 is 6.15. The molecular formula is C18H18ClFN4O2. The zero-order valence-corrected chi connectivity index (χ0v) is 15.1. The molecule has 6 nitrogen and oxygen atoms in total. The van der Waals surface area contributed by atoms with E-state index in [-0.39, 0.29) is 23.4 Å². The van der Waals surface area contributed by atoms with Crippen LogP contribution >= 0.6 is 11.6 Å². The second kappa shape index (κ2) is 6.93. The van der Waals surface area contributed by atoms with Crippen molar-refractivity contribution in [1.29, 1.82) is 0 Å². The number of aliphatic hydroxyl groups is 1. The van der Waals surface area contributed by atoms with Gasteiger partial charge in [0.2, 0.25) is 0 Å². The minimum absolute atomic E-state index is 0.0737. The number of fused-ring (bicyclic) bond motifs is 1. The molecular weight excluding hydrogens is 359 g/mol. The molecule has 3 rings (SSSR count). The summed E-state index contributed by atoms with van der Waals surface area (Å²) in [4.78, 5) is 20.7. The number of aromatic nitrogens is 2. The molecule has 1 aromatic carbocycles. The van der Waals surface area contributed by atoms with E-state index in [2.05, 4.69) is 9.97 Å². The van der Waals surface area contributed by atoms with Crippen LogP contribution in [-0.4, -0.2) is 46.6 Å². The first kappa shape index (κ1) is 18.2. The molecule has 4 N–H and O–H groups in total. The Morgan fingerprint density at radius 2 is 2.15 bits per heavy atom. The van der Waals surface area contributed by atoms with Crippen molar-refractivity contribution in [2.75, 3.05) is 26.4 Å². The second-order valence-corrected chi connectivity index (χ2v) is 6.48. The normalized spacial score (nSPS) is 11.1. The monoisotopic (exact) mass is 376 g/mol. The number of aromatic amines is 1. The van der Waals surface area contributed by atoms with Gasteiger partial charge in [0.05, 0.1) is 5.56 Å². The summed E-state index contributed by atoms with van der Waals surface area (Å²) in [5.41, 5.74) is 7.66. The summed E-state index contributed by atoms with van der Waals surface area (Å²) in [6.07, 6.45) is 1.84. The SMILES string of the molecule is CN(C)C(=O)c1c(N)ccc(-c2cnc3[nH]c(Cl)c(CCO)c3c2)c1F. The van der Waals surface area contributed by atoms with Gasteiger partial charge in [-0.15, -0.1) is 0 Å². The number of nitrogens with two attached hydrogens (primary N) is 1. The number of pyridine rings is 1. The number of H-pyrrole nitrogens is 1. The molecule has 8 heteroatoms. The Labute approximate surface area is 154 Å². The minimum Gasteiger partial charge on any atom is -0.398 e. The lowest BCUT2D eigenvalue weighted by atomic mass is 10.00. The van der Waals surface area contributed by atoms with Crippen LogP contribution in [0.5, 0.6) is 0 Å². The fraction of sp³-hybridized carbons (Fsp3) is 0.222. The maximum absolute atomic E-state index is 15.1. The van der Waals surface area contributed by atoms with Crippen molar-refractivity contribution in [3.05, 3.63) is 46.5 Å². The van der Waals surface area contributed by atoms with Gasteiger partial charge in [-0.3, -0.25) is 4.79 Å². The lowest BCUT2D eigenvalue weighted by molar-refractivity contribution is 0.0824. The van der Waals surface area contributed by atoms with Crippen molar-refractivity contribution >= 4 is 34.2 Å². The first-order valence-corrected chi connectivity index (χ1v) is 8.30. The second-order valence-electron chi connectivity index (χ2n) is 6.10. The molecule has 0 spiro atoms. The number of rotatable bonds is 4. The third kappa shape index (κ3) is 3.00. The Morgan fingerprint density at radius 3 is 2.81 bits per heavy atom. The van der Waals surface area contributed by atoms with E-state index in [0.29, 0.717) is 33.7 Å². The van der Waals surface area contributed by atoms with Gasteiger partial charge in [0.15, 0.2) is 0 Å². The summed E-state index contributed by atoms with van der Waals surface area (Å²) in [5.74, 6) is -1.21. The molecule has 1 amide bonds. The predicted molar refractivity (Wildman–Crippen MR) is 99.7 cm³/mol. The van der Waals surface area contributed by atoms with E-state index in [1.165, 1.54) is 37.3 Å². The first-order chi connectivity index (χ1) is 12.3. The molecule has 0 atom stereocenters. The summed E-state index contributed by atoms with van der Waals surface area (Å²) in [7, 11) is 3.06. The highest BCUT2D eigenvalue weighted by molar-refractivity contribution is 6.31. The summed E-state index contributed by atoms with van der Waals surface area (Å²) in [5, 5.41) is 10.3. The van der Waals surface area contributed by atoms with Gasteiger partial charge in [-0.25, -0.2) is 9.37 Å². The molecule has 136 valence electrons. The van der Waals surface area contributed by atoms with Crippen LogP contribution < -0.4 is 5.73 Å². The number of hydrogen-bond donors (Lipinski definition) is 3. The Hall–Kier alpha value is -2.64. The number of benzene rings is 1. The molecule has 0 aliphatic heterocycles. The maximum atomic E-state index is 15.1. The Balaban J connectivity index is 2.19. The molecule has 0 aliphatic carbocycles. The van der Waals surface area contributed by atoms with E-state index in [9.17, 15) is 9.90 Å².